The van der Waals surface area contributed by atoms with Gasteiger partial charge in [-0.25, -0.2) is 9.37 Å². The summed E-state index contributed by atoms with van der Waals surface area (Å²) in [4.78, 5) is 32.2. The lowest BCUT2D eigenvalue weighted by Gasteiger charge is -2.51. The first-order chi connectivity index (χ1) is 19.4. The second-order valence-corrected chi connectivity index (χ2v) is 14.3. The summed E-state index contributed by atoms with van der Waals surface area (Å²) in [6, 6.07) is 6.70. The van der Waals surface area contributed by atoms with Crippen molar-refractivity contribution < 1.29 is 14.0 Å². The Bertz CT molecular complexity index is 1380. The van der Waals surface area contributed by atoms with Crippen LogP contribution >= 0.6 is 23.2 Å². The van der Waals surface area contributed by atoms with Crippen molar-refractivity contribution in [2.75, 3.05) is 26.0 Å². The standard InChI is InChI=1S/C31H38Cl2FN5O2/c1-29(2)8-10-30(11-9-29)31(16-36-22-15-18(32)5-6-21(22)31)23(20-7-12-35-26(33)24(20)34)25(38-30)27(40)37-19-13-17(14-19)28(41)39(3)4/h5-7,12,15,17,19,23,25,36,38H,8-11,13-14,16H2,1-4H3,(H,37,40)/t17?,19?,23-,25+,31+/m0/s1. The molecule has 3 N–H and O–H groups in total. The van der Waals surface area contributed by atoms with E-state index in [1.165, 1.54) is 6.20 Å². The topological polar surface area (TPSA) is 86.4 Å². The lowest BCUT2D eigenvalue weighted by atomic mass is 9.53. The summed E-state index contributed by atoms with van der Waals surface area (Å²) >= 11 is 12.7. The van der Waals surface area contributed by atoms with Gasteiger partial charge in [0.2, 0.25) is 11.8 Å². The normalized spacial score (nSPS) is 30.9. The van der Waals surface area contributed by atoms with Gasteiger partial charge in [-0.3, -0.25) is 14.9 Å². The third kappa shape index (κ3) is 4.52. The monoisotopic (exact) mass is 601 g/mol. The second kappa shape index (κ2) is 10.1. The molecule has 2 aliphatic carbocycles. The molecule has 2 aliphatic heterocycles. The molecule has 4 aliphatic rings. The van der Waals surface area contributed by atoms with Gasteiger partial charge in [-0.15, -0.1) is 0 Å². The number of rotatable bonds is 4. The van der Waals surface area contributed by atoms with E-state index >= 15 is 4.39 Å². The highest BCUT2D eigenvalue weighted by molar-refractivity contribution is 6.31. The first-order valence-electron chi connectivity index (χ1n) is 14.5. The number of amides is 2. The molecule has 0 unspecified atom stereocenters. The Morgan fingerprint density at radius 3 is 2.49 bits per heavy atom. The van der Waals surface area contributed by atoms with Crippen LogP contribution in [0.15, 0.2) is 30.5 Å². The molecule has 1 saturated heterocycles. The summed E-state index contributed by atoms with van der Waals surface area (Å²) in [5.41, 5.74) is 1.41. The number of aromatic nitrogens is 1. The maximum atomic E-state index is 16.0. The molecule has 10 heteroatoms. The van der Waals surface area contributed by atoms with Crippen LogP contribution in [0.1, 0.15) is 69.4 Å². The van der Waals surface area contributed by atoms with E-state index in [9.17, 15) is 9.59 Å². The quantitative estimate of drug-likeness (QED) is 0.416. The van der Waals surface area contributed by atoms with Gasteiger partial charge in [-0.2, -0.15) is 0 Å². The third-order valence-electron chi connectivity index (χ3n) is 10.4. The molecule has 0 radical (unpaired) electrons. The van der Waals surface area contributed by atoms with E-state index in [2.05, 4.69) is 34.8 Å². The van der Waals surface area contributed by atoms with E-state index in [0.29, 0.717) is 30.0 Å². The number of nitrogens with zero attached hydrogens (tertiary/aromatic N) is 2. The Morgan fingerprint density at radius 2 is 1.80 bits per heavy atom. The van der Waals surface area contributed by atoms with E-state index < -0.39 is 28.7 Å². The smallest absolute Gasteiger partial charge is 0.238 e. The fourth-order valence-corrected chi connectivity index (χ4v) is 8.39. The van der Waals surface area contributed by atoms with Gasteiger partial charge in [0.25, 0.3) is 0 Å². The van der Waals surface area contributed by atoms with Gasteiger partial charge in [0.05, 0.1) is 6.04 Å². The molecule has 7 nitrogen and oxygen atoms in total. The Balaban J connectivity index is 1.44. The molecular weight excluding hydrogens is 564 g/mol. The minimum atomic E-state index is -0.712. The molecule has 2 amide bonds. The number of hydrogen-bond acceptors (Lipinski definition) is 5. The van der Waals surface area contributed by atoms with Crippen LogP contribution in [0.3, 0.4) is 0 Å². The number of carbonyl (C=O) groups excluding carboxylic acids is 2. The summed E-state index contributed by atoms with van der Waals surface area (Å²) in [5.74, 6) is -1.33. The number of benzene rings is 1. The number of anilines is 1. The summed E-state index contributed by atoms with van der Waals surface area (Å²) < 4.78 is 16.0. The van der Waals surface area contributed by atoms with Crippen molar-refractivity contribution in [3.05, 3.63) is 57.6 Å². The summed E-state index contributed by atoms with van der Waals surface area (Å²) in [6.07, 6.45) is 6.35. The van der Waals surface area contributed by atoms with Gasteiger partial charge >= 0.3 is 0 Å². The second-order valence-electron chi connectivity index (χ2n) is 13.5. The lowest BCUT2D eigenvalue weighted by Crippen LogP contribution is -2.60. The van der Waals surface area contributed by atoms with Gasteiger partial charge in [-0.1, -0.05) is 43.1 Å². The molecule has 6 rings (SSSR count). The Morgan fingerprint density at radius 1 is 1.10 bits per heavy atom. The molecule has 3 fully saturated rings. The predicted molar refractivity (Wildman–Crippen MR) is 159 cm³/mol. The molecule has 41 heavy (non-hydrogen) atoms. The number of nitrogens with one attached hydrogen (secondary N) is 3. The van der Waals surface area contributed by atoms with E-state index in [0.717, 1.165) is 36.9 Å². The number of halogens is 3. The van der Waals surface area contributed by atoms with Crippen molar-refractivity contribution in [3.63, 3.8) is 0 Å². The minimum absolute atomic E-state index is 0.0795. The van der Waals surface area contributed by atoms with Crippen molar-refractivity contribution >= 4 is 40.7 Å². The van der Waals surface area contributed by atoms with Crippen LogP contribution in [0.4, 0.5) is 10.1 Å². The molecule has 2 spiro atoms. The van der Waals surface area contributed by atoms with Crippen LogP contribution in [-0.4, -0.2) is 60.0 Å². The zero-order chi connectivity index (χ0) is 29.3. The Hall–Kier alpha value is -2.42. The first kappa shape index (κ1) is 28.7. The van der Waals surface area contributed by atoms with Crippen molar-refractivity contribution in [3.8, 4) is 0 Å². The van der Waals surface area contributed by atoms with Crippen molar-refractivity contribution in [2.45, 2.75) is 81.3 Å². The fraction of sp³-hybridized carbons (Fsp3) is 0.581. The number of fused-ring (bicyclic) bond motifs is 3. The highest BCUT2D eigenvalue weighted by Crippen LogP contribution is 2.63. The molecular formula is C31H38Cl2FN5O2. The van der Waals surface area contributed by atoms with Crippen molar-refractivity contribution in [1.29, 1.82) is 0 Å². The number of carbonyl (C=O) groups is 2. The highest BCUT2D eigenvalue weighted by atomic mass is 35.5. The van der Waals surface area contributed by atoms with Crippen LogP contribution in [0.25, 0.3) is 0 Å². The largest absolute Gasteiger partial charge is 0.384 e. The van der Waals surface area contributed by atoms with E-state index in [-0.39, 0.29) is 34.3 Å². The van der Waals surface area contributed by atoms with Crippen LogP contribution in [0.5, 0.6) is 0 Å². The van der Waals surface area contributed by atoms with E-state index in [1.807, 2.05) is 18.2 Å². The number of hydrogen-bond donors (Lipinski definition) is 3. The maximum Gasteiger partial charge on any atom is 0.238 e. The van der Waals surface area contributed by atoms with Gasteiger partial charge in [0.1, 0.15) is 0 Å². The molecule has 2 aromatic rings. The summed E-state index contributed by atoms with van der Waals surface area (Å²) in [7, 11) is 3.50. The molecule has 2 saturated carbocycles. The lowest BCUT2D eigenvalue weighted by molar-refractivity contribution is -0.138. The van der Waals surface area contributed by atoms with Gasteiger partial charge in [0.15, 0.2) is 11.0 Å². The highest BCUT2D eigenvalue weighted by Gasteiger charge is 2.69. The summed E-state index contributed by atoms with van der Waals surface area (Å²) in [5, 5.41) is 11.1. The van der Waals surface area contributed by atoms with Crippen LogP contribution < -0.4 is 16.0 Å². The SMILES string of the molecule is CN(C)C(=O)C1CC(NC(=O)[C@@H]2NC3(CCC(C)(C)CC3)[C@@]3(CNc4cc(Cl)ccc43)[C@H]2c2ccnc(Cl)c2F)C1. The molecule has 1 aromatic heterocycles. The minimum Gasteiger partial charge on any atom is -0.384 e. The van der Waals surface area contributed by atoms with Crippen LogP contribution in [-0.2, 0) is 15.0 Å². The Kier molecular flexibility index (Phi) is 7.06. The van der Waals surface area contributed by atoms with E-state index in [4.69, 9.17) is 23.2 Å². The number of pyridine rings is 1. The first-order valence-corrected chi connectivity index (χ1v) is 15.3. The van der Waals surface area contributed by atoms with Gasteiger partial charge in [0, 0.05) is 66.4 Å². The zero-order valence-corrected chi connectivity index (χ0v) is 25.5. The average molecular weight is 603 g/mol. The maximum absolute atomic E-state index is 16.0. The van der Waals surface area contributed by atoms with Crippen molar-refractivity contribution in [1.82, 2.24) is 20.5 Å². The average Bonchev–Trinajstić information content (AvgIpc) is 3.41. The van der Waals surface area contributed by atoms with E-state index in [1.54, 1.807) is 25.1 Å². The van der Waals surface area contributed by atoms with Gasteiger partial charge < -0.3 is 15.5 Å². The predicted octanol–water partition coefficient (Wildman–Crippen LogP) is 5.27. The molecule has 220 valence electrons. The zero-order valence-electron chi connectivity index (χ0n) is 24.0. The van der Waals surface area contributed by atoms with Crippen molar-refractivity contribution in [2.24, 2.45) is 11.3 Å². The fourth-order valence-electron chi connectivity index (χ4n) is 8.05. The molecule has 3 heterocycles. The van der Waals surface area contributed by atoms with Gasteiger partial charge in [-0.05, 0) is 73.3 Å². The third-order valence-corrected chi connectivity index (χ3v) is 10.9. The molecule has 0 bridgehead atoms. The Labute approximate surface area is 250 Å². The van der Waals surface area contributed by atoms with Crippen LogP contribution in [0.2, 0.25) is 10.2 Å². The molecule has 1 aromatic carbocycles. The molecule has 3 atom stereocenters. The summed E-state index contributed by atoms with van der Waals surface area (Å²) in [6.45, 7) is 5.11. The van der Waals surface area contributed by atoms with Crippen LogP contribution in [0, 0.1) is 17.2 Å².